The maximum absolute atomic E-state index is 12.1. The highest BCUT2D eigenvalue weighted by Crippen LogP contribution is 2.22. The number of hydrogen-bond acceptors (Lipinski definition) is 4. The summed E-state index contributed by atoms with van der Waals surface area (Å²) in [7, 11) is 0. The molecule has 1 aromatic rings. The number of amides is 2. The molecule has 1 unspecified atom stereocenters. The fourth-order valence-electron chi connectivity index (χ4n) is 3.07. The van der Waals surface area contributed by atoms with Crippen molar-refractivity contribution in [1.82, 2.24) is 15.6 Å². The van der Waals surface area contributed by atoms with E-state index >= 15 is 0 Å². The lowest BCUT2D eigenvalue weighted by Gasteiger charge is -2.22. The zero-order valence-corrected chi connectivity index (χ0v) is 15.0. The second-order valence-corrected chi connectivity index (χ2v) is 6.97. The molecule has 2 heterocycles. The number of aliphatic hydroxyl groups excluding tert-OH is 1. The van der Waals surface area contributed by atoms with Gasteiger partial charge in [-0.3, -0.25) is 0 Å². The molecule has 1 aliphatic heterocycles. The first-order chi connectivity index (χ1) is 11.5. The van der Waals surface area contributed by atoms with Gasteiger partial charge in [-0.15, -0.1) is 0 Å². The number of rotatable bonds is 7. The van der Waals surface area contributed by atoms with E-state index in [1.54, 1.807) is 0 Å². The third kappa shape index (κ3) is 5.37. The van der Waals surface area contributed by atoms with Crippen LogP contribution < -0.4 is 15.5 Å². The molecule has 2 rings (SSSR count). The van der Waals surface area contributed by atoms with E-state index in [0.717, 1.165) is 36.6 Å². The van der Waals surface area contributed by atoms with Gasteiger partial charge in [0.25, 0.3) is 0 Å². The highest BCUT2D eigenvalue weighted by molar-refractivity contribution is 5.74. The lowest BCUT2D eigenvalue weighted by atomic mass is 10.0. The van der Waals surface area contributed by atoms with Gasteiger partial charge in [-0.05, 0) is 38.2 Å². The Bertz CT molecular complexity index is 542. The van der Waals surface area contributed by atoms with E-state index < -0.39 is 0 Å². The Morgan fingerprint density at radius 2 is 2.04 bits per heavy atom. The van der Waals surface area contributed by atoms with Crippen LogP contribution in [0.25, 0.3) is 0 Å². The van der Waals surface area contributed by atoms with Gasteiger partial charge in [0.1, 0.15) is 5.82 Å². The molecule has 134 valence electrons. The molecule has 0 aliphatic carbocycles. The van der Waals surface area contributed by atoms with Crippen LogP contribution in [-0.4, -0.2) is 41.9 Å². The average Bonchev–Trinajstić information content (AvgIpc) is 3.06. The number of carbonyl (C=O) groups is 1. The summed E-state index contributed by atoms with van der Waals surface area (Å²) >= 11 is 0. The van der Waals surface area contributed by atoms with Crippen molar-refractivity contribution in [2.45, 2.75) is 52.6 Å². The van der Waals surface area contributed by atoms with Gasteiger partial charge < -0.3 is 20.6 Å². The molecule has 1 fully saturated rings. The number of nitrogens with zero attached hydrogens (tertiary/aromatic N) is 2. The summed E-state index contributed by atoms with van der Waals surface area (Å²) < 4.78 is 0. The van der Waals surface area contributed by atoms with E-state index in [4.69, 9.17) is 0 Å². The first kappa shape index (κ1) is 18.5. The minimum atomic E-state index is -0.248. The van der Waals surface area contributed by atoms with Crippen LogP contribution in [0.4, 0.5) is 10.6 Å². The Balaban J connectivity index is 1.94. The maximum Gasteiger partial charge on any atom is 0.315 e. The van der Waals surface area contributed by atoms with Crippen molar-refractivity contribution in [2.75, 3.05) is 24.6 Å². The Morgan fingerprint density at radius 1 is 1.33 bits per heavy atom. The van der Waals surface area contributed by atoms with Crippen molar-refractivity contribution in [2.24, 2.45) is 5.92 Å². The first-order valence-corrected chi connectivity index (χ1v) is 8.86. The smallest absolute Gasteiger partial charge is 0.315 e. The number of nitrogens with one attached hydrogen (secondary N) is 2. The second-order valence-electron chi connectivity index (χ2n) is 6.97. The van der Waals surface area contributed by atoms with Gasteiger partial charge in [-0.1, -0.05) is 19.9 Å². The normalized spacial score (nSPS) is 15.6. The van der Waals surface area contributed by atoms with Gasteiger partial charge in [-0.25, -0.2) is 9.78 Å². The standard InChI is InChI=1S/C18H30N4O2/c1-13(2)10-16(12-23)21-18(24)19-11-15-7-6-14(3)20-17(15)22-8-4-5-9-22/h6-7,13,16,23H,4-5,8-12H2,1-3H3,(H2,19,21,24). The monoisotopic (exact) mass is 334 g/mol. The minimum absolute atomic E-state index is 0.0449. The summed E-state index contributed by atoms with van der Waals surface area (Å²) in [5, 5.41) is 15.1. The van der Waals surface area contributed by atoms with E-state index in [-0.39, 0.29) is 18.7 Å². The Morgan fingerprint density at radius 3 is 2.67 bits per heavy atom. The molecule has 0 spiro atoms. The largest absolute Gasteiger partial charge is 0.394 e. The fraction of sp³-hybridized carbons (Fsp3) is 0.667. The Kier molecular flexibility index (Phi) is 6.85. The third-order valence-corrected chi connectivity index (χ3v) is 4.25. The second kappa shape index (κ2) is 8.87. The molecule has 0 aromatic carbocycles. The van der Waals surface area contributed by atoms with Gasteiger partial charge in [0.2, 0.25) is 0 Å². The van der Waals surface area contributed by atoms with Crippen molar-refractivity contribution in [3.63, 3.8) is 0 Å². The summed E-state index contributed by atoms with van der Waals surface area (Å²) in [6.07, 6.45) is 3.14. The minimum Gasteiger partial charge on any atom is -0.394 e. The number of hydrogen-bond donors (Lipinski definition) is 3. The summed E-state index contributed by atoms with van der Waals surface area (Å²) in [4.78, 5) is 19.1. The zero-order valence-electron chi connectivity index (χ0n) is 15.0. The highest BCUT2D eigenvalue weighted by atomic mass is 16.3. The maximum atomic E-state index is 12.1. The summed E-state index contributed by atoms with van der Waals surface area (Å²) in [5.74, 6) is 1.40. The lowest BCUT2D eigenvalue weighted by molar-refractivity contribution is 0.206. The molecule has 1 aliphatic rings. The van der Waals surface area contributed by atoms with Crippen molar-refractivity contribution in [3.8, 4) is 0 Å². The molecule has 2 amide bonds. The van der Waals surface area contributed by atoms with E-state index in [1.165, 1.54) is 12.8 Å². The molecule has 0 radical (unpaired) electrons. The highest BCUT2D eigenvalue weighted by Gasteiger charge is 2.18. The predicted octanol–water partition coefficient (Wildman–Crippen LogP) is 2.20. The first-order valence-electron chi connectivity index (χ1n) is 8.86. The van der Waals surface area contributed by atoms with E-state index in [9.17, 15) is 9.90 Å². The number of aliphatic hydroxyl groups is 1. The van der Waals surface area contributed by atoms with Gasteiger partial charge in [-0.2, -0.15) is 0 Å². The van der Waals surface area contributed by atoms with Crippen LogP contribution in [0.1, 0.15) is 44.4 Å². The van der Waals surface area contributed by atoms with Crippen LogP contribution >= 0.6 is 0 Å². The number of aromatic nitrogens is 1. The quantitative estimate of drug-likeness (QED) is 0.714. The zero-order chi connectivity index (χ0) is 17.5. The predicted molar refractivity (Wildman–Crippen MR) is 96.1 cm³/mol. The molecule has 24 heavy (non-hydrogen) atoms. The summed E-state index contributed by atoms with van der Waals surface area (Å²) in [6.45, 7) is 8.57. The van der Waals surface area contributed by atoms with Crippen molar-refractivity contribution in [3.05, 3.63) is 23.4 Å². The molecule has 6 nitrogen and oxygen atoms in total. The SMILES string of the molecule is Cc1ccc(CNC(=O)NC(CO)CC(C)C)c(N2CCCC2)n1. The molecule has 0 bridgehead atoms. The topological polar surface area (TPSA) is 77.5 Å². The molecule has 3 N–H and O–H groups in total. The van der Waals surface area contributed by atoms with E-state index in [1.807, 2.05) is 19.1 Å². The van der Waals surface area contributed by atoms with Gasteiger partial charge in [0, 0.05) is 30.9 Å². The molecular formula is C18H30N4O2. The molecule has 6 heteroatoms. The third-order valence-electron chi connectivity index (χ3n) is 4.25. The van der Waals surface area contributed by atoms with Crippen LogP contribution in [0.5, 0.6) is 0 Å². The van der Waals surface area contributed by atoms with Gasteiger partial charge >= 0.3 is 6.03 Å². The van der Waals surface area contributed by atoms with Crippen LogP contribution in [0.3, 0.4) is 0 Å². The van der Waals surface area contributed by atoms with Crippen molar-refractivity contribution >= 4 is 11.8 Å². The van der Waals surface area contributed by atoms with E-state index in [2.05, 4.69) is 34.4 Å². The number of pyridine rings is 1. The van der Waals surface area contributed by atoms with Gasteiger partial charge in [0.05, 0.1) is 12.6 Å². The number of urea groups is 1. The summed E-state index contributed by atoms with van der Waals surface area (Å²) in [5.41, 5.74) is 2.02. The van der Waals surface area contributed by atoms with Crippen LogP contribution in [0, 0.1) is 12.8 Å². The van der Waals surface area contributed by atoms with Crippen LogP contribution in [-0.2, 0) is 6.54 Å². The number of anilines is 1. The van der Waals surface area contributed by atoms with Gasteiger partial charge in [0.15, 0.2) is 0 Å². The number of aryl methyl sites for hydroxylation is 1. The average molecular weight is 334 g/mol. The van der Waals surface area contributed by atoms with Crippen molar-refractivity contribution < 1.29 is 9.90 Å². The molecule has 0 saturated carbocycles. The molecular weight excluding hydrogens is 304 g/mol. The van der Waals surface area contributed by atoms with E-state index in [0.29, 0.717) is 12.5 Å². The van der Waals surface area contributed by atoms with Crippen LogP contribution in [0.15, 0.2) is 12.1 Å². The van der Waals surface area contributed by atoms with Crippen molar-refractivity contribution in [1.29, 1.82) is 0 Å². The lowest BCUT2D eigenvalue weighted by Crippen LogP contribution is -2.44. The number of carbonyl (C=O) groups excluding carboxylic acids is 1. The Hall–Kier alpha value is -1.82. The van der Waals surface area contributed by atoms with Crippen LogP contribution in [0.2, 0.25) is 0 Å². The summed E-state index contributed by atoms with van der Waals surface area (Å²) in [6, 6.07) is 3.55. The molecule has 1 atom stereocenters. The Labute approximate surface area is 144 Å². The fourth-order valence-corrected chi connectivity index (χ4v) is 3.07. The molecule has 1 aromatic heterocycles. The molecule has 1 saturated heterocycles.